The molecule has 126 valence electrons. The SMILES string of the molecule is CC1CCc2c(sc3nc(SCC#N)n(C4CCCC4)c(=O)c23)C1. The molecule has 1 atom stereocenters. The quantitative estimate of drug-likeness (QED) is 0.605. The molecule has 24 heavy (non-hydrogen) atoms. The molecule has 0 spiro atoms. The summed E-state index contributed by atoms with van der Waals surface area (Å²) in [5.74, 6) is 1.03. The summed E-state index contributed by atoms with van der Waals surface area (Å²) in [6, 6.07) is 2.43. The number of aromatic nitrogens is 2. The van der Waals surface area contributed by atoms with Gasteiger partial charge in [-0.1, -0.05) is 31.5 Å². The molecule has 1 saturated carbocycles. The third-order valence-electron chi connectivity index (χ3n) is 5.28. The fraction of sp³-hybridized carbons (Fsp3) is 0.611. The molecule has 2 aliphatic rings. The highest BCUT2D eigenvalue weighted by molar-refractivity contribution is 7.99. The highest BCUT2D eigenvalue weighted by Gasteiger charge is 2.28. The van der Waals surface area contributed by atoms with Crippen molar-refractivity contribution in [1.82, 2.24) is 9.55 Å². The molecule has 1 unspecified atom stereocenters. The van der Waals surface area contributed by atoms with Gasteiger partial charge in [-0.2, -0.15) is 5.26 Å². The third-order valence-corrected chi connectivity index (χ3v) is 7.25. The number of nitrogens with zero attached hydrogens (tertiary/aromatic N) is 3. The van der Waals surface area contributed by atoms with Gasteiger partial charge in [0.1, 0.15) is 4.83 Å². The molecule has 0 radical (unpaired) electrons. The minimum absolute atomic E-state index is 0.138. The smallest absolute Gasteiger partial charge is 0.263 e. The fourth-order valence-electron chi connectivity index (χ4n) is 4.07. The van der Waals surface area contributed by atoms with Crippen molar-refractivity contribution in [2.45, 2.75) is 63.1 Å². The van der Waals surface area contributed by atoms with Gasteiger partial charge < -0.3 is 0 Å². The van der Waals surface area contributed by atoms with Gasteiger partial charge in [0.25, 0.3) is 5.56 Å². The van der Waals surface area contributed by atoms with E-state index in [4.69, 9.17) is 10.2 Å². The Labute approximate surface area is 149 Å². The van der Waals surface area contributed by atoms with E-state index < -0.39 is 0 Å². The van der Waals surface area contributed by atoms with E-state index in [0.717, 1.165) is 47.5 Å². The Morgan fingerprint density at radius 3 is 2.92 bits per heavy atom. The maximum Gasteiger partial charge on any atom is 0.263 e. The number of nitriles is 1. The van der Waals surface area contributed by atoms with Gasteiger partial charge in [0.2, 0.25) is 0 Å². The molecule has 6 heteroatoms. The second-order valence-corrected chi connectivity index (χ2v) is 9.01. The van der Waals surface area contributed by atoms with Gasteiger partial charge in [0.15, 0.2) is 5.16 Å². The Morgan fingerprint density at radius 2 is 2.17 bits per heavy atom. The molecular weight excluding hydrogens is 338 g/mol. The van der Waals surface area contributed by atoms with Crippen molar-refractivity contribution in [1.29, 1.82) is 5.26 Å². The summed E-state index contributed by atoms with van der Waals surface area (Å²) in [4.78, 5) is 20.4. The minimum Gasteiger partial charge on any atom is -0.284 e. The summed E-state index contributed by atoms with van der Waals surface area (Å²) in [6.07, 6.45) is 7.69. The Balaban J connectivity index is 1.92. The van der Waals surface area contributed by atoms with E-state index in [-0.39, 0.29) is 11.6 Å². The predicted molar refractivity (Wildman–Crippen MR) is 98.9 cm³/mol. The lowest BCUT2D eigenvalue weighted by molar-refractivity contribution is 0.457. The zero-order valence-corrected chi connectivity index (χ0v) is 15.5. The van der Waals surface area contributed by atoms with Crippen molar-refractivity contribution in [2.24, 2.45) is 5.92 Å². The van der Waals surface area contributed by atoms with Gasteiger partial charge in [-0.05, 0) is 43.6 Å². The van der Waals surface area contributed by atoms with Crippen LogP contribution in [0.5, 0.6) is 0 Å². The van der Waals surface area contributed by atoms with Gasteiger partial charge in [0, 0.05) is 10.9 Å². The van der Waals surface area contributed by atoms with Crippen LogP contribution < -0.4 is 5.56 Å². The summed E-state index contributed by atoms with van der Waals surface area (Å²) in [5.41, 5.74) is 1.40. The molecule has 0 amide bonds. The Morgan fingerprint density at radius 1 is 1.38 bits per heavy atom. The number of hydrogen-bond donors (Lipinski definition) is 0. The monoisotopic (exact) mass is 359 g/mol. The van der Waals surface area contributed by atoms with Crippen LogP contribution in [-0.4, -0.2) is 15.3 Å². The van der Waals surface area contributed by atoms with Crippen molar-refractivity contribution in [3.05, 3.63) is 20.8 Å². The van der Waals surface area contributed by atoms with Crippen molar-refractivity contribution in [3.63, 3.8) is 0 Å². The average molecular weight is 360 g/mol. The van der Waals surface area contributed by atoms with Crippen molar-refractivity contribution in [2.75, 3.05) is 5.75 Å². The summed E-state index contributed by atoms with van der Waals surface area (Å²) in [7, 11) is 0. The molecule has 0 saturated heterocycles. The summed E-state index contributed by atoms with van der Waals surface area (Å²) in [5, 5.41) is 10.6. The van der Waals surface area contributed by atoms with Crippen molar-refractivity contribution >= 4 is 33.3 Å². The van der Waals surface area contributed by atoms with Crippen molar-refractivity contribution in [3.8, 4) is 6.07 Å². The molecule has 1 fully saturated rings. The maximum absolute atomic E-state index is 13.3. The third kappa shape index (κ3) is 2.68. The van der Waals surface area contributed by atoms with Gasteiger partial charge in [0.05, 0.1) is 17.2 Å². The minimum atomic E-state index is 0.138. The van der Waals surface area contributed by atoms with Crippen LogP contribution in [0.2, 0.25) is 0 Å². The van der Waals surface area contributed by atoms with E-state index in [1.807, 2.05) is 4.57 Å². The van der Waals surface area contributed by atoms with Crippen LogP contribution >= 0.6 is 23.1 Å². The summed E-state index contributed by atoms with van der Waals surface area (Å²) >= 11 is 3.10. The van der Waals surface area contributed by atoms with Crippen LogP contribution in [0.1, 0.15) is 55.5 Å². The number of thioether (sulfide) groups is 1. The number of aryl methyl sites for hydroxylation is 1. The number of hydrogen-bond acceptors (Lipinski definition) is 5. The molecule has 0 bridgehead atoms. The predicted octanol–water partition coefficient (Wildman–Crippen LogP) is 4.31. The molecule has 4 nitrogen and oxygen atoms in total. The molecule has 2 aliphatic carbocycles. The molecule has 2 aromatic heterocycles. The topological polar surface area (TPSA) is 58.7 Å². The fourth-order valence-corrected chi connectivity index (χ4v) is 6.22. The summed E-state index contributed by atoms with van der Waals surface area (Å²) in [6.45, 7) is 2.28. The second kappa shape index (κ2) is 6.53. The molecular formula is C18H21N3OS2. The first kappa shape index (κ1) is 16.2. The number of thiophene rings is 1. The lowest BCUT2D eigenvalue weighted by Gasteiger charge is -2.19. The van der Waals surface area contributed by atoms with Crippen LogP contribution in [0.4, 0.5) is 0 Å². The Hall–Kier alpha value is -1.32. The molecule has 2 aromatic rings. The summed E-state index contributed by atoms with van der Waals surface area (Å²) < 4.78 is 1.92. The van der Waals surface area contributed by atoms with E-state index in [2.05, 4.69) is 13.0 Å². The van der Waals surface area contributed by atoms with Crippen LogP contribution in [0.3, 0.4) is 0 Å². The standard InChI is InChI=1S/C18H21N3OS2/c1-11-6-7-13-14(10-11)24-16-15(13)17(22)21(12-4-2-3-5-12)18(20-16)23-9-8-19/h11-12H,2-7,9-10H2,1H3. The maximum atomic E-state index is 13.3. The molecule has 0 aliphatic heterocycles. The van der Waals surface area contributed by atoms with E-state index in [0.29, 0.717) is 11.7 Å². The van der Waals surface area contributed by atoms with Crippen molar-refractivity contribution < 1.29 is 0 Å². The number of fused-ring (bicyclic) bond motifs is 3. The van der Waals surface area contributed by atoms with Gasteiger partial charge >= 0.3 is 0 Å². The molecule has 4 rings (SSSR count). The molecule has 0 N–H and O–H groups in total. The van der Waals surface area contributed by atoms with Gasteiger partial charge in [-0.15, -0.1) is 11.3 Å². The lowest BCUT2D eigenvalue weighted by atomic mass is 9.89. The van der Waals surface area contributed by atoms with E-state index in [9.17, 15) is 4.79 Å². The normalized spacial score (nSPS) is 21.1. The molecule has 0 aromatic carbocycles. The second-order valence-electron chi connectivity index (χ2n) is 6.99. The average Bonchev–Trinajstić information content (AvgIpc) is 3.19. The Kier molecular flexibility index (Phi) is 4.40. The van der Waals surface area contributed by atoms with Crippen LogP contribution in [-0.2, 0) is 12.8 Å². The zero-order valence-electron chi connectivity index (χ0n) is 13.9. The number of rotatable bonds is 3. The Bertz CT molecular complexity index is 871. The first-order valence-corrected chi connectivity index (χ1v) is 10.6. The van der Waals surface area contributed by atoms with Crippen LogP contribution in [0.15, 0.2) is 9.95 Å². The van der Waals surface area contributed by atoms with E-state index >= 15 is 0 Å². The largest absolute Gasteiger partial charge is 0.284 e. The van der Waals surface area contributed by atoms with Crippen LogP contribution in [0, 0.1) is 17.2 Å². The molecule has 2 heterocycles. The first-order valence-electron chi connectivity index (χ1n) is 8.75. The zero-order chi connectivity index (χ0) is 16.7. The first-order chi connectivity index (χ1) is 11.7. The van der Waals surface area contributed by atoms with E-state index in [1.165, 1.54) is 35.0 Å². The highest BCUT2D eigenvalue weighted by Crippen LogP contribution is 2.38. The highest BCUT2D eigenvalue weighted by atomic mass is 32.2. The van der Waals surface area contributed by atoms with Gasteiger partial charge in [-0.25, -0.2) is 4.98 Å². The van der Waals surface area contributed by atoms with Gasteiger partial charge in [-0.3, -0.25) is 9.36 Å². The lowest BCUT2D eigenvalue weighted by Crippen LogP contribution is -2.27. The van der Waals surface area contributed by atoms with E-state index in [1.54, 1.807) is 11.3 Å². The van der Waals surface area contributed by atoms with Crippen LogP contribution in [0.25, 0.3) is 10.2 Å².